The average Bonchev–Trinajstić information content (AvgIpc) is 2.80. The highest BCUT2D eigenvalue weighted by atomic mass is 16.5. The van der Waals surface area contributed by atoms with E-state index in [1.807, 2.05) is 6.92 Å². The predicted octanol–water partition coefficient (Wildman–Crippen LogP) is 1.98. The van der Waals surface area contributed by atoms with Crippen LogP contribution in [0.5, 0.6) is 0 Å². The number of aliphatic hydroxyl groups excluding tert-OH is 2. The van der Waals surface area contributed by atoms with Crippen molar-refractivity contribution in [2.45, 2.75) is 65.8 Å². The molecule has 4 heteroatoms. The van der Waals surface area contributed by atoms with Crippen molar-refractivity contribution in [3.8, 4) is 0 Å². The van der Waals surface area contributed by atoms with Crippen molar-refractivity contribution in [1.82, 2.24) is 0 Å². The molecule has 21 heavy (non-hydrogen) atoms. The molecular weight excluding hydrogens is 268 g/mol. The predicted molar refractivity (Wildman–Crippen MR) is 78.3 cm³/mol. The normalized spacial score (nSPS) is 54.3. The van der Waals surface area contributed by atoms with Gasteiger partial charge in [0.25, 0.3) is 0 Å². The van der Waals surface area contributed by atoms with Gasteiger partial charge in [0.05, 0.1) is 12.2 Å². The van der Waals surface area contributed by atoms with Crippen LogP contribution in [0.3, 0.4) is 0 Å². The number of aliphatic hydroxyl groups is 2. The van der Waals surface area contributed by atoms with Gasteiger partial charge in [-0.05, 0) is 30.1 Å². The number of hydrogen-bond donors (Lipinski definition) is 2. The van der Waals surface area contributed by atoms with E-state index in [9.17, 15) is 15.0 Å². The number of esters is 1. The van der Waals surface area contributed by atoms with Gasteiger partial charge in [0, 0.05) is 24.2 Å². The van der Waals surface area contributed by atoms with Crippen molar-refractivity contribution in [1.29, 1.82) is 0 Å². The van der Waals surface area contributed by atoms with E-state index in [0.29, 0.717) is 24.2 Å². The zero-order valence-corrected chi connectivity index (χ0v) is 13.7. The number of carbonyl (C=O) groups excluding carboxylic acids is 1. The van der Waals surface area contributed by atoms with Crippen LogP contribution in [-0.2, 0) is 9.53 Å². The second-order valence-corrected chi connectivity index (χ2v) is 8.41. The van der Waals surface area contributed by atoms with Crippen LogP contribution in [0.15, 0.2) is 0 Å². The van der Waals surface area contributed by atoms with Crippen molar-refractivity contribution >= 4 is 5.97 Å². The van der Waals surface area contributed by atoms with E-state index in [0.717, 1.165) is 6.42 Å². The molecule has 4 bridgehead atoms. The Bertz CT molecular complexity index is 460. The molecule has 120 valence electrons. The van der Waals surface area contributed by atoms with Crippen molar-refractivity contribution < 1.29 is 19.7 Å². The quantitative estimate of drug-likeness (QED) is 0.726. The fourth-order valence-corrected chi connectivity index (χ4v) is 6.14. The second kappa shape index (κ2) is 4.45. The summed E-state index contributed by atoms with van der Waals surface area (Å²) in [6.45, 7) is 9.97. The van der Waals surface area contributed by atoms with Crippen LogP contribution in [0.25, 0.3) is 0 Å². The molecule has 0 unspecified atom stereocenters. The first-order chi connectivity index (χ1) is 9.61. The van der Waals surface area contributed by atoms with Gasteiger partial charge in [-0.25, -0.2) is 0 Å². The molecule has 8 atom stereocenters. The first kappa shape index (κ1) is 15.3. The molecule has 0 aromatic rings. The highest BCUT2D eigenvalue weighted by Gasteiger charge is 2.71. The van der Waals surface area contributed by atoms with E-state index in [1.165, 1.54) is 6.92 Å². The van der Waals surface area contributed by atoms with Crippen molar-refractivity contribution in [2.24, 2.45) is 34.5 Å². The lowest BCUT2D eigenvalue weighted by molar-refractivity contribution is -0.162. The lowest BCUT2D eigenvalue weighted by atomic mass is 9.64. The molecule has 0 heterocycles. The van der Waals surface area contributed by atoms with Gasteiger partial charge in [-0.1, -0.05) is 27.7 Å². The van der Waals surface area contributed by atoms with Crippen LogP contribution in [0.4, 0.5) is 0 Å². The minimum Gasteiger partial charge on any atom is -0.462 e. The summed E-state index contributed by atoms with van der Waals surface area (Å²) < 4.78 is 5.57. The maximum Gasteiger partial charge on any atom is 0.302 e. The SMILES string of the molecule is CC(=O)O[C@@H]1C[C@@H](O)[C@@]2(C)[C@@H]3[C@@H]([C@@H](C[C@@H]3C)[C@H]2O)C1(C)C. The van der Waals surface area contributed by atoms with Gasteiger partial charge in [0.15, 0.2) is 0 Å². The van der Waals surface area contributed by atoms with Crippen LogP contribution in [0, 0.1) is 34.5 Å². The molecule has 0 saturated heterocycles. The van der Waals surface area contributed by atoms with Gasteiger partial charge in [0.2, 0.25) is 0 Å². The third-order valence-corrected chi connectivity index (χ3v) is 7.02. The number of carbonyl (C=O) groups is 1. The molecule has 0 radical (unpaired) electrons. The Morgan fingerprint density at radius 3 is 2.33 bits per heavy atom. The zero-order chi connectivity index (χ0) is 15.7. The molecule has 3 aliphatic carbocycles. The van der Waals surface area contributed by atoms with E-state index in [1.54, 1.807) is 0 Å². The Kier molecular flexibility index (Phi) is 3.24. The van der Waals surface area contributed by atoms with Gasteiger partial charge >= 0.3 is 5.97 Å². The maximum atomic E-state index is 11.5. The van der Waals surface area contributed by atoms with Gasteiger partial charge in [-0.3, -0.25) is 4.79 Å². The van der Waals surface area contributed by atoms with E-state index < -0.39 is 17.6 Å². The number of ether oxygens (including phenoxy) is 1. The van der Waals surface area contributed by atoms with Crippen LogP contribution >= 0.6 is 0 Å². The summed E-state index contributed by atoms with van der Waals surface area (Å²) >= 11 is 0. The second-order valence-electron chi connectivity index (χ2n) is 8.41. The molecule has 3 rings (SSSR count). The van der Waals surface area contributed by atoms with Gasteiger partial charge in [0.1, 0.15) is 6.10 Å². The molecule has 3 aliphatic rings. The Morgan fingerprint density at radius 2 is 1.76 bits per heavy atom. The zero-order valence-electron chi connectivity index (χ0n) is 13.7. The first-order valence-corrected chi connectivity index (χ1v) is 8.15. The lowest BCUT2D eigenvalue weighted by Gasteiger charge is -2.45. The summed E-state index contributed by atoms with van der Waals surface area (Å²) in [5.74, 6) is 1.01. The Morgan fingerprint density at radius 1 is 1.14 bits per heavy atom. The smallest absolute Gasteiger partial charge is 0.302 e. The van der Waals surface area contributed by atoms with Crippen LogP contribution < -0.4 is 0 Å². The fraction of sp³-hybridized carbons (Fsp3) is 0.941. The summed E-state index contributed by atoms with van der Waals surface area (Å²) in [6, 6.07) is 0. The third kappa shape index (κ3) is 1.78. The van der Waals surface area contributed by atoms with Gasteiger partial charge in [-0.2, -0.15) is 0 Å². The highest BCUT2D eigenvalue weighted by Crippen LogP contribution is 2.70. The average molecular weight is 296 g/mol. The molecule has 0 aromatic carbocycles. The topological polar surface area (TPSA) is 66.8 Å². The van der Waals surface area contributed by atoms with E-state index >= 15 is 0 Å². The van der Waals surface area contributed by atoms with Gasteiger partial charge < -0.3 is 14.9 Å². The van der Waals surface area contributed by atoms with Crippen molar-refractivity contribution in [2.75, 3.05) is 0 Å². The Hall–Kier alpha value is -0.610. The summed E-state index contributed by atoms with van der Waals surface area (Å²) in [7, 11) is 0. The molecule has 0 aromatic heterocycles. The summed E-state index contributed by atoms with van der Waals surface area (Å²) in [6.07, 6.45) is 0.0801. The largest absolute Gasteiger partial charge is 0.462 e. The standard InChI is InChI=1S/C17H28O4/c1-8-6-10-14-13(8)17(5,15(10)20)11(19)7-12(16(14,3)4)21-9(2)18/h8,10-15,19-20H,6-7H2,1-5H3/t8-,10+,11+,12+,13-,14+,15+,17-/m0/s1. The lowest BCUT2D eigenvalue weighted by Crippen LogP contribution is -2.51. The fourth-order valence-electron chi connectivity index (χ4n) is 6.14. The van der Waals surface area contributed by atoms with Gasteiger partial charge in [-0.15, -0.1) is 0 Å². The molecule has 0 amide bonds. The summed E-state index contributed by atoms with van der Waals surface area (Å²) in [5, 5.41) is 21.6. The highest BCUT2D eigenvalue weighted by molar-refractivity contribution is 5.66. The number of rotatable bonds is 1. The third-order valence-electron chi connectivity index (χ3n) is 7.02. The Labute approximate surface area is 126 Å². The minimum absolute atomic E-state index is 0.206. The first-order valence-electron chi connectivity index (χ1n) is 8.15. The molecule has 0 aliphatic heterocycles. The van der Waals surface area contributed by atoms with E-state index in [-0.39, 0.29) is 23.4 Å². The molecule has 4 nitrogen and oxygen atoms in total. The molecule has 0 spiro atoms. The molecule has 3 saturated carbocycles. The molecule has 2 N–H and O–H groups in total. The molecular formula is C17H28O4. The van der Waals surface area contributed by atoms with Crippen molar-refractivity contribution in [3.63, 3.8) is 0 Å². The summed E-state index contributed by atoms with van der Waals surface area (Å²) in [5.41, 5.74) is -0.693. The van der Waals surface area contributed by atoms with E-state index in [4.69, 9.17) is 4.74 Å². The van der Waals surface area contributed by atoms with Crippen molar-refractivity contribution in [3.05, 3.63) is 0 Å². The maximum absolute atomic E-state index is 11.5. The minimum atomic E-state index is -0.626. The molecule has 3 fully saturated rings. The van der Waals surface area contributed by atoms with Crippen LogP contribution in [-0.4, -0.2) is 34.5 Å². The number of hydrogen-bond acceptors (Lipinski definition) is 4. The van der Waals surface area contributed by atoms with Crippen LogP contribution in [0.2, 0.25) is 0 Å². The Balaban J connectivity index is 2.07. The monoisotopic (exact) mass is 296 g/mol. The van der Waals surface area contributed by atoms with E-state index in [2.05, 4.69) is 20.8 Å². The van der Waals surface area contributed by atoms with Crippen LogP contribution in [0.1, 0.15) is 47.5 Å². The summed E-state index contributed by atoms with van der Waals surface area (Å²) in [4.78, 5) is 11.5.